The van der Waals surface area contributed by atoms with Gasteiger partial charge < -0.3 is 9.15 Å². The van der Waals surface area contributed by atoms with E-state index in [0.717, 1.165) is 5.56 Å². The van der Waals surface area contributed by atoms with Crippen LogP contribution in [0.4, 0.5) is 4.39 Å². The minimum absolute atomic E-state index is 0.0311. The number of hydrogen-bond donors (Lipinski definition) is 0. The molecule has 0 radical (unpaired) electrons. The van der Waals surface area contributed by atoms with Gasteiger partial charge in [-0.1, -0.05) is 11.6 Å². The molecule has 1 atom stereocenters. The summed E-state index contributed by atoms with van der Waals surface area (Å²) in [6.45, 7) is 5.29. The average molecular weight is 429 g/mol. The van der Waals surface area contributed by atoms with Crippen molar-refractivity contribution >= 4 is 22.6 Å². The van der Waals surface area contributed by atoms with Crippen molar-refractivity contribution in [3.05, 3.63) is 68.5 Å². The number of halogens is 2. The Kier molecular flexibility index (Phi) is 5.03. The van der Waals surface area contributed by atoms with Gasteiger partial charge in [0.15, 0.2) is 16.9 Å². The highest BCUT2D eigenvalue weighted by atomic mass is 35.5. The van der Waals surface area contributed by atoms with Gasteiger partial charge in [-0.3, -0.25) is 4.79 Å². The van der Waals surface area contributed by atoms with Crippen molar-refractivity contribution in [3.8, 4) is 17.2 Å². The number of hydrogen-bond acceptors (Lipinski definition) is 6. The molecule has 154 valence electrons. The molecule has 0 aliphatic carbocycles. The number of aryl methyl sites for hydroxylation is 2. The Morgan fingerprint density at radius 2 is 2.03 bits per heavy atom. The Morgan fingerprint density at radius 1 is 1.27 bits per heavy atom. The van der Waals surface area contributed by atoms with E-state index in [1.807, 2.05) is 13.0 Å². The van der Waals surface area contributed by atoms with Crippen molar-refractivity contribution in [2.75, 3.05) is 0 Å². The van der Waals surface area contributed by atoms with Crippen molar-refractivity contribution in [2.24, 2.45) is 7.05 Å². The van der Waals surface area contributed by atoms with Crippen LogP contribution < -0.4 is 10.2 Å². The second-order valence-electron chi connectivity index (χ2n) is 7.02. The van der Waals surface area contributed by atoms with Gasteiger partial charge >= 0.3 is 0 Å². The highest BCUT2D eigenvalue weighted by Crippen LogP contribution is 2.32. The highest BCUT2D eigenvalue weighted by molar-refractivity contribution is 6.29. The van der Waals surface area contributed by atoms with Gasteiger partial charge in [0.05, 0.1) is 11.6 Å². The van der Waals surface area contributed by atoms with Crippen LogP contribution in [0.25, 0.3) is 22.4 Å². The van der Waals surface area contributed by atoms with Gasteiger partial charge in [-0.25, -0.2) is 4.98 Å². The molecule has 0 aliphatic rings. The Labute approximate surface area is 176 Å². The van der Waals surface area contributed by atoms with E-state index < -0.39 is 12.1 Å². The second kappa shape index (κ2) is 7.53. The van der Waals surface area contributed by atoms with Crippen LogP contribution in [-0.2, 0) is 7.05 Å². The smallest absolute Gasteiger partial charge is 0.256 e. The molecule has 0 saturated heterocycles. The highest BCUT2D eigenvalue weighted by Gasteiger charge is 2.21. The first-order valence-electron chi connectivity index (χ1n) is 9.18. The first-order valence-corrected chi connectivity index (χ1v) is 9.55. The Bertz CT molecular complexity index is 1330. The summed E-state index contributed by atoms with van der Waals surface area (Å²) in [6.07, 6.45) is 0.894. The number of benzene rings is 1. The number of nitrogens with zero attached hydrogens (tertiary/aromatic N) is 4. The van der Waals surface area contributed by atoms with E-state index in [4.69, 9.17) is 20.8 Å². The van der Waals surface area contributed by atoms with E-state index in [2.05, 4.69) is 15.2 Å². The Morgan fingerprint density at radius 3 is 2.70 bits per heavy atom. The second-order valence-corrected chi connectivity index (χ2v) is 7.41. The van der Waals surface area contributed by atoms with E-state index in [1.54, 1.807) is 27.0 Å². The predicted molar refractivity (Wildman–Crippen MR) is 110 cm³/mol. The molecular weight excluding hydrogens is 411 g/mol. The van der Waals surface area contributed by atoms with Gasteiger partial charge in [-0.05, 0) is 50.6 Å². The van der Waals surface area contributed by atoms with Gasteiger partial charge in [0.1, 0.15) is 22.5 Å². The standard InChI is InChI=1S/C21H18ClFN4O3/c1-10-7-13(12(3)29-16-5-6-17(22)25-21(16)23)20-14(8-10)18(28)11(2)19(30-20)15-9-24-27(4)26-15/h5-9,12H,1-4H3/t12-/m1/s1. The van der Waals surface area contributed by atoms with Crippen molar-refractivity contribution in [1.29, 1.82) is 0 Å². The summed E-state index contributed by atoms with van der Waals surface area (Å²) in [5, 5.41) is 8.74. The van der Waals surface area contributed by atoms with Crippen LogP contribution in [0.5, 0.6) is 5.75 Å². The molecule has 0 bridgehead atoms. The maximum atomic E-state index is 14.1. The van der Waals surface area contributed by atoms with Crippen LogP contribution in [0.3, 0.4) is 0 Å². The SMILES string of the molecule is Cc1cc([C@@H](C)Oc2ccc(Cl)nc2F)c2oc(-c3cnn(C)n3)c(C)c(=O)c2c1. The van der Waals surface area contributed by atoms with Gasteiger partial charge in [-0.15, -0.1) is 0 Å². The lowest BCUT2D eigenvalue weighted by Gasteiger charge is -2.18. The minimum Gasteiger partial charge on any atom is -0.481 e. The fourth-order valence-corrected chi connectivity index (χ4v) is 3.44. The molecule has 30 heavy (non-hydrogen) atoms. The largest absolute Gasteiger partial charge is 0.481 e. The molecule has 0 spiro atoms. The molecule has 9 heteroatoms. The minimum atomic E-state index is -0.816. The first-order chi connectivity index (χ1) is 14.2. The lowest BCUT2D eigenvalue weighted by Crippen LogP contribution is -2.12. The van der Waals surface area contributed by atoms with Crippen molar-refractivity contribution in [2.45, 2.75) is 26.9 Å². The zero-order valence-corrected chi connectivity index (χ0v) is 17.5. The third-order valence-corrected chi connectivity index (χ3v) is 4.96. The van der Waals surface area contributed by atoms with Crippen LogP contribution in [0.1, 0.15) is 29.7 Å². The van der Waals surface area contributed by atoms with Crippen LogP contribution in [-0.4, -0.2) is 20.0 Å². The van der Waals surface area contributed by atoms with Gasteiger partial charge in [-0.2, -0.15) is 19.4 Å². The molecule has 1 aromatic carbocycles. The molecule has 0 aliphatic heterocycles. The molecule has 4 aromatic rings. The summed E-state index contributed by atoms with van der Waals surface area (Å²) in [6, 6.07) is 6.45. The van der Waals surface area contributed by atoms with Crippen LogP contribution in [0.15, 0.2) is 39.7 Å². The lowest BCUT2D eigenvalue weighted by atomic mass is 10.0. The zero-order chi connectivity index (χ0) is 21.6. The molecular formula is C21H18ClFN4O3. The molecule has 4 rings (SSSR count). The Balaban J connectivity index is 1.88. The molecule has 3 heterocycles. The molecule has 0 N–H and O–H groups in total. The normalized spacial score (nSPS) is 12.3. The molecule has 7 nitrogen and oxygen atoms in total. The van der Waals surface area contributed by atoms with Gasteiger partial charge in [0.25, 0.3) is 5.95 Å². The van der Waals surface area contributed by atoms with Crippen LogP contribution >= 0.6 is 11.6 Å². The molecule has 0 fully saturated rings. The van der Waals surface area contributed by atoms with E-state index in [1.165, 1.54) is 23.1 Å². The quantitative estimate of drug-likeness (QED) is 0.444. The van der Waals surface area contributed by atoms with E-state index in [9.17, 15) is 9.18 Å². The van der Waals surface area contributed by atoms with Crippen molar-refractivity contribution < 1.29 is 13.5 Å². The molecule has 0 unspecified atom stereocenters. The number of rotatable bonds is 4. The lowest BCUT2D eigenvalue weighted by molar-refractivity contribution is 0.213. The van der Waals surface area contributed by atoms with E-state index in [0.29, 0.717) is 33.6 Å². The first kappa shape index (κ1) is 20.0. The maximum Gasteiger partial charge on any atom is 0.256 e. The summed E-state index contributed by atoms with van der Waals surface area (Å²) >= 11 is 5.71. The predicted octanol–water partition coefficient (Wildman–Crippen LogP) is 4.53. The molecule has 0 amide bonds. The third-order valence-electron chi connectivity index (χ3n) is 4.75. The number of ether oxygens (including phenoxy) is 1. The van der Waals surface area contributed by atoms with Crippen molar-refractivity contribution in [1.82, 2.24) is 20.0 Å². The average Bonchev–Trinajstić information content (AvgIpc) is 3.12. The van der Waals surface area contributed by atoms with Crippen LogP contribution in [0, 0.1) is 19.8 Å². The van der Waals surface area contributed by atoms with Gasteiger partial charge in [0.2, 0.25) is 0 Å². The third kappa shape index (κ3) is 3.54. The summed E-state index contributed by atoms with van der Waals surface area (Å²) in [5.74, 6) is -0.536. The van der Waals surface area contributed by atoms with E-state index >= 15 is 0 Å². The monoisotopic (exact) mass is 428 g/mol. The summed E-state index contributed by atoms with van der Waals surface area (Å²) in [4.78, 5) is 18.0. The van der Waals surface area contributed by atoms with Crippen LogP contribution in [0.2, 0.25) is 5.15 Å². The number of aromatic nitrogens is 4. The summed E-state index contributed by atoms with van der Waals surface area (Å²) < 4.78 is 26.0. The fourth-order valence-electron chi connectivity index (χ4n) is 3.30. The Hall–Kier alpha value is -3.26. The summed E-state index contributed by atoms with van der Waals surface area (Å²) in [5.41, 5.74) is 2.51. The molecule has 0 saturated carbocycles. The molecule has 3 aromatic heterocycles. The maximum absolute atomic E-state index is 14.1. The number of fused-ring (bicyclic) bond motifs is 1. The van der Waals surface area contributed by atoms with Gasteiger partial charge in [0, 0.05) is 18.2 Å². The fraction of sp³-hybridized carbons (Fsp3) is 0.238. The summed E-state index contributed by atoms with van der Waals surface area (Å²) in [7, 11) is 1.68. The zero-order valence-electron chi connectivity index (χ0n) is 16.7. The number of pyridine rings is 1. The van der Waals surface area contributed by atoms with Crippen molar-refractivity contribution in [3.63, 3.8) is 0 Å². The van der Waals surface area contributed by atoms with E-state index in [-0.39, 0.29) is 16.3 Å². The topological polar surface area (TPSA) is 83.0 Å².